The number of halogens is 1. The first-order valence-electron chi connectivity index (χ1n) is 6.43. The van der Waals surface area contributed by atoms with Crippen molar-refractivity contribution in [3.8, 4) is 0 Å². The minimum atomic E-state index is -0.461. The Morgan fingerprint density at radius 3 is 2.53 bits per heavy atom. The molecule has 0 saturated heterocycles. The Balaban J connectivity index is 2.71. The molecule has 1 aromatic carbocycles. The number of anilines is 1. The third-order valence-corrected chi connectivity index (χ3v) is 3.43. The lowest BCUT2D eigenvalue weighted by Crippen LogP contribution is -2.25. The molecule has 0 spiro atoms. The van der Waals surface area contributed by atoms with Crippen LogP contribution in [0.1, 0.15) is 29.8 Å². The SMILES string of the molecule is CCN(CC)c1nc2cc(C)ccc2cc1C(=O)Cl. The molecule has 0 aliphatic carbocycles. The third-order valence-electron chi connectivity index (χ3n) is 3.23. The van der Waals surface area contributed by atoms with Gasteiger partial charge in [-0.25, -0.2) is 4.98 Å². The maximum absolute atomic E-state index is 11.6. The summed E-state index contributed by atoms with van der Waals surface area (Å²) in [5, 5.41) is 0.474. The Bertz CT molecular complexity index is 621. The number of nitrogens with zero attached hydrogens (tertiary/aromatic N) is 2. The average molecular weight is 277 g/mol. The fourth-order valence-electron chi connectivity index (χ4n) is 2.18. The van der Waals surface area contributed by atoms with Crippen LogP contribution < -0.4 is 4.90 Å². The number of hydrogen-bond acceptors (Lipinski definition) is 3. The lowest BCUT2D eigenvalue weighted by atomic mass is 10.1. The van der Waals surface area contributed by atoms with Gasteiger partial charge in [0.1, 0.15) is 5.82 Å². The van der Waals surface area contributed by atoms with Gasteiger partial charge in [0.15, 0.2) is 0 Å². The molecule has 19 heavy (non-hydrogen) atoms. The van der Waals surface area contributed by atoms with E-state index in [-0.39, 0.29) is 0 Å². The average Bonchev–Trinajstić information content (AvgIpc) is 2.39. The second-order valence-electron chi connectivity index (χ2n) is 4.50. The zero-order valence-electron chi connectivity index (χ0n) is 11.4. The van der Waals surface area contributed by atoms with E-state index in [0.717, 1.165) is 29.6 Å². The summed E-state index contributed by atoms with van der Waals surface area (Å²) >= 11 is 5.69. The van der Waals surface area contributed by atoms with Crippen molar-refractivity contribution in [2.45, 2.75) is 20.8 Å². The Morgan fingerprint density at radius 2 is 1.95 bits per heavy atom. The predicted molar refractivity (Wildman–Crippen MR) is 80.2 cm³/mol. The molecule has 1 heterocycles. The quantitative estimate of drug-likeness (QED) is 0.797. The number of hydrogen-bond donors (Lipinski definition) is 0. The molecule has 0 fully saturated rings. The van der Waals surface area contributed by atoms with Crippen molar-refractivity contribution in [1.82, 2.24) is 4.98 Å². The summed E-state index contributed by atoms with van der Waals surface area (Å²) in [6.45, 7) is 7.68. The molecule has 0 bridgehead atoms. The molecule has 0 amide bonds. The minimum Gasteiger partial charge on any atom is -0.357 e. The predicted octanol–water partition coefficient (Wildman–Crippen LogP) is 3.77. The third kappa shape index (κ3) is 2.71. The number of aryl methyl sites for hydroxylation is 1. The van der Waals surface area contributed by atoms with E-state index in [9.17, 15) is 4.79 Å². The zero-order chi connectivity index (χ0) is 14.0. The number of carbonyl (C=O) groups is 1. The van der Waals surface area contributed by atoms with Gasteiger partial charge in [0.05, 0.1) is 11.1 Å². The van der Waals surface area contributed by atoms with Crippen molar-refractivity contribution < 1.29 is 4.79 Å². The molecule has 100 valence electrons. The highest BCUT2D eigenvalue weighted by molar-refractivity contribution is 6.68. The lowest BCUT2D eigenvalue weighted by molar-refractivity contribution is 0.108. The van der Waals surface area contributed by atoms with Crippen LogP contribution in [-0.4, -0.2) is 23.3 Å². The second-order valence-corrected chi connectivity index (χ2v) is 4.84. The van der Waals surface area contributed by atoms with Crippen molar-refractivity contribution in [2.24, 2.45) is 0 Å². The standard InChI is InChI=1S/C15H17ClN2O/c1-4-18(5-2)15-12(14(16)19)9-11-7-6-10(3)8-13(11)17-15/h6-9H,4-5H2,1-3H3. The van der Waals surface area contributed by atoms with Gasteiger partial charge in [-0.05, 0) is 50.1 Å². The van der Waals surface area contributed by atoms with Crippen LogP contribution in [0.25, 0.3) is 10.9 Å². The van der Waals surface area contributed by atoms with E-state index >= 15 is 0 Å². The zero-order valence-corrected chi connectivity index (χ0v) is 12.2. The van der Waals surface area contributed by atoms with E-state index in [1.165, 1.54) is 0 Å². The monoisotopic (exact) mass is 276 g/mol. The minimum absolute atomic E-state index is 0.461. The first-order chi connectivity index (χ1) is 9.06. The van der Waals surface area contributed by atoms with Crippen LogP contribution in [-0.2, 0) is 0 Å². The Hall–Kier alpha value is -1.61. The number of benzene rings is 1. The highest BCUT2D eigenvalue weighted by Gasteiger charge is 2.16. The topological polar surface area (TPSA) is 33.2 Å². The fourth-order valence-corrected chi connectivity index (χ4v) is 2.31. The van der Waals surface area contributed by atoms with Crippen molar-refractivity contribution >= 4 is 33.6 Å². The molecule has 0 aliphatic heterocycles. The summed E-state index contributed by atoms with van der Waals surface area (Å²) in [6, 6.07) is 7.81. The van der Waals surface area contributed by atoms with E-state index in [1.807, 2.05) is 49.9 Å². The molecule has 0 radical (unpaired) electrons. The normalized spacial score (nSPS) is 10.7. The molecule has 3 nitrogen and oxygen atoms in total. The van der Waals surface area contributed by atoms with Gasteiger partial charge in [0.2, 0.25) is 0 Å². The molecule has 0 N–H and O–H groups in total. The maximum atomic E-state index is 11.6. The van der Waals surface area contributed by atoms with Crippen LogP contribution in [0, 0.1) is 6.92 Å². The molecular weight excluding hydrogens is 260 g/mol. The van der Waals surface area contributed by atoms with E-state index in [0.29, 0.717) is 11.4 Å². The van der Waals surface area contributed by atoms with Crippen LogP contribution in [0.2, 0.25) is 0 Å². The highest BCUT2D eigenvalue weighted by atomic mass is 35.5. The number of aromatic nitrogens is 1. The summed E-state index contributed by atoms with van der Waals surface area (Å²) in [5.41, 5.74) is 2.51. The molecule has 4 heteroatoms. The van der Waals surface area contributed by atoms with E-state index in [4.69, 9.17) is 11.6 Å². The van der Waals surface area contributed by atoms with Crippen LogP contribution in [0.5, 0.6) is 0 Å². The molecule has 0 aliphatic rings. The lowest BCUT2D eigenvalue weighted by Gasteiger charge is -2.22. The largest absolute Gasteiger partial charge is 0.357 e. The van der Waals surface area contributed by atoms with Gasteiger partial charge >= 0.3 is 0 Å². The number of fused-ring (bicyclic) bond motifs is 1. The first kappa shape index (κ1) is 13.8. The Labute approximate surface area is 118 Å². The summed E-state index contributed by atoms with van der Waals surface area (Å²) < 4.78 is 0. The van der Waals surface area contributed by atoms with Crippen molar-refractivity contribution in [1.29, 1.82) is 0 Å². The van der Waals surface area contributed by atoms with Gasteiger partial charge in [-0.15, -0.1) is 0 Å². The molecule has 1 aromatic heterocycles. The van der Waals surface area contributed by atoms with Crippen molar-refractivity contribution in [3.05, 3.63) is 35.4 Å². The van der Waals surface area contributed by atoms with Gasteiger partial charge in [0.25, 0.3) is 5.24 Å². The van der Waals surface area contributed by atoms with Crippen LogP contribution in [0.4, 0.5) is 5.82 Å². The molecule has 2 aromatic rings. The Morgan fingerprint density at radius 1 is 1.26 bits per heavy atom. The molecule has 0 unspecified atom stereocenters. The van der Waals surface area contributed by atoms with Gasteiger partial charge in [0, 0.05) is 18.5 Å². The maximum Gasteiger partial charge on any atom is 0.256 e. The van der Waals surface area contributed by atoms with Crippen LogP contribution >= 0.6 is 11.6 Å². The van der Waals surface area contributed by atoms with Gasteiger partial charge in [-0.1, -0.05) is 12.1 Å². The molecule has 2 rings (SSSR count). The first-order valence-corrected chi connectivity index (χ1v) is 6.80. The highest BCUT2D eigenvalue weighted by Crippen LogP contribution is 2.25. The fraction of sp³-hybridized carbons (Fsp3) is 0.333. The Kier molecular flexibility index (Phi) is 4.05. The smallest absolute Gasteiger partial charge is 0.256 e. The number of pyridine rings is 1. The molecule has 0 atom stereocenters. The molecular formula is C15H17ClN2O. The van der Waals surface area contributed by atoms with E-state index in [1.54, 1.807) is 0 Å². The van der Waals surface area contributed by atoms with Crippen molar-refractivity contribution in [2.75, 3.05) is 18.0 Å². The van der Waals surface area contributed by atoms with Gasteiger partial charge in [-0.3, -0.25) is 4.79 Å². The van der Waals surface area contributed by atoms with Crippen LogP contribution in [0.3, 0.4) is 0 Å². The molecule has 0 saturated carbocycles. The summed E-state index contributed by atoms with van der Waals surface area (Å²) in [6.07, 6.45) is 0. The van der Waals surface area contributed by atoms with Gasteiger partial charge in [-0.2, -0.15) is 0 Å². The summed E-state index contributed by atoms with van der Waals surface area (Å²) in [4.78, 5) is 18.3. The van der Waals surface area contributed by atoms with Crippen molar-refractivity contribution in [3.63, 3.8) is 0 Å². The number of carbonyl (C=O) groups excluding carboxylic acids is 1. The van der Waals surface area contributed by atoms with Gasteiger partial charge < -0.3 is 4.90 Å². The second kappa shape index (κ2) is 5.57. The summed E-state index contributed by atoms with van der Waals surface area (Å²) in [5.74, 6) is 0.670. The van der Waals surface area contributed by atoms with E-state index < -0.39 is 5.24 Å². The number of rotatable bonds is 4. The summed E-state index contributed by atoms with van der Waals surface area (Å²) in [7, 11) is 0. The van der Waals surface area contributed by atoms with E-state index in [2.05, 4.69) is 4.98 Å². The van der Waals surface area contributed by atoms with Crippen LogP contribution in [0.15, 0.2) is 24.3 Å².